The quantitative estimate of drug-likeness (QED) is 0.380. The highest BCUT2D eigenvalue weighted by Gasteiger charge is 2.30. The van der Waals surface area contributed by atoms with Crippen LogP contribution in [-0.2, 0) is 17.6 Å². The number of anilines is 2. The monoisotopic (exact) mass is 513 g/mol. The van der Waals surface area contributed by atoms with Gasteiger partial charge in [0.1, 0.15) is 5.75 Å². The van der Waals surface area contributed by atoms with E-state index in [-0.39, 0.29) is 11.8 Å². The van der Waals surface area contributed by atoms with Gasteiger partial charge in [-0.25, -0.2) is 0 Å². The van der Waals surface area contributed by atoms with Crippen molar-refractivity contribution in [3.05, 3.63) is 76.3 Å². The summed E-state index contributed by atoms with van der Waals surface area (Å²) >= 11 is 0. The van der Waals surface area contributed by atoms with Crippen LogP contribution in [0.25, 0.3) is 11.1 Å². The Labute approximate surface area is 226 Å². The van der Waals surface area contributed by atoms with E-state index in [0.717, 1.165) is 70.6 Å². The summed E-state index contributed by atoms with van der Waals surface area (Å²) in [7, 11) is 4.15. The maximum Gasteiger partial charge on any atom is 0.260 e. The van der Waals surface area contributed by atoms with Crippen LogP contribution in [-0.4, -0.2) is 50.5 Å². The fourth-order valence-electron chi connectivity index (χ4n) is 5.28. The molecule has 0 radical (unpaired) electrons. The van der Waals surface area contributed by atoms with E-state index in [1.165, 1.54) is 6.92 Å². The first-order valence-electron chi connectivity index (χ1n) is 13.4. The van der Waals surface area contributed by atoms with Crippen LogP contribution in [0.3, 0.4) is 0 Å². The average molecular weight is 514 g/mol. The Morgan fingerprint density at radius 1 is 1.05 bits per heavy atom. The molecule has 3 aromatic rings. The number of hydrogen-bond acceptors (Lipinski definition) is 4. The van der Waals surface area contributed by atoms with Gasteiger partial charge >= 0.3 is 0 Å². The summed E-state index contributed by atoms with van der Waals surface area (Å²) in [6.07, 6.45) is 2.66. The summed E-state index contributed by atoms with van der Waals surface area (Å²) < 4.78 is 5.98. The van der Waals surface area contributed by atoms with Crippen LogP contribution in [0.15, 0.2) is 48.5 Å². The van der Waals surface area contributed by atoms with Crippen LogP contribution >= 0.6 is 0 Å². The summed E-state index contributed by atoms with van der Waals surface area (Å²) in [5.74, 6) is 0.613. The highest BCUT2D eigenvalue weighted by molar-refractivity contribution is 6.13. The van der Waals surface area contributed by atoms with Crippen LogP contribution in [0, 0.1) is 13.8 Å². The fraction of sp³-hybridized carbons (Fsp3) is 0.375. The molecule has 0 spiro atoms. The number of fused-ring (bicyclic) bond motifs is 1. The lowest BCUT2D eigenvalue weighted by Crippen LogP contribution is -2.30. The number of nitrogens with zero attached hydrogens (tertiary/aromatic N) is 2. The van der Waals surface area contributed by atoms with Crippen molar-refractivity contribution in [3.63, 3.8) is 0 Å². The number of benzene rings is 3. The van der Waals surface area contributed by atoms with E-state index in [1.54, 1.807) is 0 Å². The molecule has 2 amide bonds. The predicted molar refractivity (Wildman–Crippen MR) is 156 cm³/mol. The largest absolute Gasteiger partial charge is 0.494 e. The number of ether oxygens (including phenoxy) is 1. The first-order chi connectivity index (χ1) is 18.2. The summed E-state index contributed by atoms with van der Waals surface area (Å²) in [4.78, 5) is 30.3. The third-order valence-electron chi connectivity index (χ3n) is 7.19. The average Bonchev–Trinajstić information content (AvgIpc) is 3.28. The maximum atomic E-state index is 14.0. The lowest BCUT2D eigenvalue weighted by Gasteiger charge is -2.23. The van der Waals surface area contributed by atoms with Crippen LogP contribution in [0.1, 0.15) is 52.9 Å². The molecular formula is C32H39N3O3. The van der Waals surface area contributed by atoms with Gasteiger partial charge in [0, 0.05) is 19.2 Å². The van der Waals surface area contributed by atoms with E-state index >= 15 is 0 Å². The van der Waals surface area contributed by atoms with Crippen molar-refractivity contribution in [2.24, 2.45) is 0 Å². The van der Waals surface area contributed by atoms with E-state index in [1.807, 2.05) is 43.0 Å². The number of amides is 2. The second-order valence-electron chi connectivity index (χ2n) is 10.3. The summed E-state index contributed by atoms with van der Waals surface area (Å²) in [5, 5.41) is 2.96. The molecule has 0 saturated carbocycles. The van der Waals surface area contributed by atoms with Gasteiger partial charge in [-0.05, 0) is 112 Å². The number of hydrogen-bond donors (Lipinski definition) is 1. The lowest BCUT2D eigenvalue weighted by atomic mass is 9.93. The predicted octanol–water partition coefficient (Wildman–Crippen LogP) is 6.02. The van der Waals surface area contributed by atoms with Crippen molar-refractivity contribution in [1.29, 1.82) is 0 Å². The van der Waals surface area contributed by atoms with Crippen molar-refractivity contribution >= 4 is 23.2 Å². The first kappa shape index (κ1) is 27.4. The highest BCUT2D eigenvalue weighted by Crippen LogP contribution is 2.38. The van der Waals surface area contributed by atoms with Crippen molar-refractivity contribution in [2.45, 2.75) is 47.0 Å². The van der Waals surface area contributed by atoms with Gasteiger partial charge in [-0.15, -0.1) is 0 Å². The van der Waals surface area contributed by atoms with Crippen LogP contribution < -0.4 is 15.0 Å². The molecule has 38 heavy (non-hydrogen) atoms. The summed E-state index contributed by atoms with van der Waals surface area (Å²) in [5.41, 5.74) is 8.39. The topological polar surface area (TPSA) is 61.9 Å². The molecule has 0 fully saturated rings. The molecule has 0 saturated heterocycles. The van der Waals surface area contributed by atoms with E-state index < -0.39 is 0 Å². The standard InChI is InChI=1S/C32H39N3O3/c1-7-38-30-20-24-16-18-35(29(24)19-25(30)12-10-17-34(5)6)32(37)28-15-14-27(22(3)31(28)33-23(4)36)26-13-9-8-11-21(26)2/h8-9,11,13-15,19-20H,7,10,12,16-18H2,1-6H3,(H,33,36). The summed E-state index contributed by atoms with van der Waals surface area (Å²) in [6, 6.07) is 16.3. The minimum absolute atomic E-state index is 0.102. The van der Waals surface area contributed by atoms with Crippen molar-refractivity contribution in [2.75, 3.05) is 44.0 Å². The lowest BCUT2D eigenvalue weighted by molar-refractivity contribution is -0.114. The molecule has 3 aromatic carbocycles. The summed E-state index contributed by atoms with van der Waals surface area (Å²) in [6.45, 7) is 9.71. The normalized spacial score (nSPS) is 12.6. The molecule has 0 unspecified atom stereocenters. The van der Waals surface area contributed by atoms with Gasteiger partial charge in [0.2, 0.25) is 5.91 Å². The third kappa shape index (κ3) is 5.76. The third-order valence-corrected chi connectivity index (χ3v) is 7.19. The molecule has 0 bridgehead atoms. The number of rotatable bonds is 9. The Morgan fingerprint density at radius 2 is 1.82 bits per heavy atom. The number of carbonyl (C=O) groups excluding carboxylic acids is 2. The molecule has 0 aliphatic carbocycles. The zero-order chi connectivity index (χ0) is 27.4. The highest BCUT2D eigenvalue weighted by atomic mass is 16.5. The Bertz CT molecular complexity index is 1350. The van der Waals surface area contributed by atoms with Gasteiger partial charge < -0.3 is 19.9 Å². The van der Waals surface area contributed by atoms with Gasteiger partial charge in [0.05, 0.1) is 17.9 Å². The van der Waals surface area contributed by atoms with E-state index in [9.17, 15) is 9.59 Å². The Kier molecular flexibility index (Phi) is 8.52. The van der Waals surface area contributed by atoms with E-state index in [4.69, 9.17) is 4.74 Å². The molecule has 4 rings (SSSR count). The first-order valence-corrected chi connectivity index (χ1v) is 13.4. The zero-order valence-corrected chi connectivity index (χ0v) is 23.5. The minimum atomic E-state index is -0.199. The smallest absolute Gasteiger partial charge is 0.260 e. The van der Waals surface area contributed by atoms with Crippen LogP contribution in [0.2, 0.25) is 0 Å². The molecule has 1 aliphatic rings. The fourth-order valence-corrected chi connectivity index (χ4v) is 5.28. The molecule has 200 valence electrons. The Morgan fingerprint density at radius 3 is 2.50 bits per heavy atom. The second-order valence-corrected chi connectivity index (χ2v) is 10.3. The number of nitrogens with one attached hydrogen (secondary N) is 1. The Hall–Kier alpha value is -3.64. The molecular weight excluding hydrogens is 474 g/mol. The van der Waals surface area contributed by atoms with Crippen LogP contribution in [0.5, 0.6) is 5.75 Å². The van der Waals surface area contributed by atoms with Gasteiger partial charge in [-0.3, -0.25) is 9.59 Å². The number of aryl methyl sites for hydroxylation is 2. The number of carbonyl (C=O) groups is 2. The van der Waals surface area contributed by atoms with Gasteiger partial charge in [-0.2, -0.15) is 0 Å². The molecule has 6 heteroatoms. The second kappa shape index (κ2) is 11.8. The van der Waals surface area contributed by atoms with Gasteiger partial charge in [0.15, 0.2) is 0 Å². The van der Waals surface area contributed by atoms with E-state index in [0.29, 0.717) is 24.4 Å². The van der Waals surface area contributed by atoms with E-state index in [2.05, 4.69) is 55.5 Å². The zero-order valence-electron chi connectivity index (χ0n) is 23.5. The minimum Gasteiger partial charge on any atom is -0.494 e. The SMILES string of the molecule is CCOc1cc2c(cc1CCCN(C)C)N(C(=O)c1ccc(-c3ccccc3C)c(C)c1NC(C)=O)CC2. The van der Waals surface area contributed by atoms with Crippen molar-refractivity contribution < 1.29 is 14.3 Å². The molecule has 1 aliphatic heterocycles. The van der Waals surface area contributed by atoms with Gasteiger partial charge in [-0.1, -0.05) is 30.3 Å². The Balaban J connectivity index is 1.73. The molecule has 6 nitrogen and oxygen atoms in total. The maximum absolute atomic E-state index is 14.0. The van der Waals surface area contributed by atoms with Gasteiger partial charge in [0.25, 0.3) is 5.91 Å². The molecule has 0 atom stereocenters. The molecule has 1 N–H and O–H groups in total. The molecule has 0 aromatic heterocycles. The van der Waals surface area contributed by atoms with Crippen molar-refractivity contribution in [3.8, 4) is 16.9 Å². The molecule has 1 heterocycles. The van der Waals surface area contributed by atoms with Crippen LogP contribution in [0.4, 0.5) is 11.4 Å². The van der Waals surface area contributed by atoms with Crippen molar-refractivity contribution in [1.82, 2.24) is 4.90 Å².